The van der Waals surface area contributed by atoms with E-state index in [2.05, 4.69) is 34.1 Å². The zero-order chi connectivity index (χ0) is 12.1. The van der Waals surface area contributed by atoms with Gasteiger partial charge in [-0.2, -0.15) is 0 Å². The monoisotopic (exact) mass is 306 g/mol. The van der Waals surface area contributed by atoms with E-state index in [1.807, 2.05) is 0 Å². The Labute approximate surface area is 117 Å². The molecule has 2 heteroatoms. The van der Waals surface area contributed by atoms with Gasteiger partial charge in [0.05, 0.1) is 6.61 Å². The SMILES string of the molecule is BrC(c1ccc2c(c1)CCCO2)C1CC2CC2C1. The van der Waals surface area contributed by atoms with Crippen LogP contribution in [0.1, 0.15) is 41.6 Å². The van der Waals surface area contributed by atoms with Crippen LogP contribution in [0, 0.1) is 17.8 Å². The largest absolute Gasteiger partial charge is 0.493 e. The van der Waals surface area contributed by atoms with Gasteiger partial charge in [-0.25, -0.2) is 0 Å². The zero-order valence-electron chi connectivity index (χ0n) is 10.6. The lowest BCUT2D eigenvalue weighted by Crippen LogP contribution is -2.10. The van der Waals surface area contributed by atoms with Crippen LogP contribution in [-0.4, -0.2) is 6.61 Å². The van der Waals surface area contributed by atoms with Crippen LogP contribution in [0.5, 0.6) is 5.75 Å². The Morgan fingerprint density at radius 1 is 1.17 bits per heavy atom. The summed E-state index contributed by atoms with van der Waals surface area (Å²) in [4.78, 5) is 0.553. The molecule has 1 nitrogen and oxygen atoms in total. The zero-order valence-corrected chi connectivity index (χ0v) is 12.2. The normalized spacial score (nSPS) is 34.4. The summed E-state index contributed by atoms with van der Waals surface area (Å²) in [5.74, 6) is 4.10. The Bertz CT molecular complexity index is 460. The molecule has 2 aliphatic carbocycles. The van der Waals surface area contributed by atoms with Gasteiger partial charge in [0.15, 0.2) is 0 Å². The molecule has 96 valence electrons. The molecule has 2 fully saturated rings. The smallest absolute Gasteiger partial charge is 0.122 e. The van der Waals surface area contributed by atoms with Crippen LogP contribution in [0.4, 0.5) is 0 Å². The van der Waals surface area contributed by atoms with Gasteiger partial charge >= 0.3 is 0 Å². The average molecular weight is 307 g/mol. The van der Waals surface area contributed by atoms with Crippen LogP contribution in [0.3, 0.4) is 0 Å². The topological polar surface area (TPSA) is 9.23 Å². The molecule has 0 aromatic heterocycles. The Hall–Kier alpha value is -0.500. The van der Waals surface area contributed by atoms with Gasteiger partial charge in [0.1, 0.15) is 5.75 Å². The van der Waals surface area contributed by atoms with Crippen molar-refractivity contribution < 1.29 is 4.74 Å². The maximum atomic E-state index is 5.69. The van der Waals surface area contributed by atoms with E-state index in [4.69, 9.17) is 4.74 Å². The molecule has 0 spiro atoms. The van der Waals surface area contributed by atoms with Crippen molar-refractivity contribution in [2.75, 3.05) is 6.61 Å². The molecule has 3 atom stereocenters. The number of ether oxygens (including phenoxy) is 1. The minimum Gasteiger partial charge on any atom is -0.493 e. The lowest BCUT2D eigenvalue weighted by atomic mass is 9.92. The fourth-order valence-electron chi connectivity index (χ4n) is 3.82. The second-order valence-electron chi connectivity index (χ2n) is 6.21. The molecule has 3 aliphatic rings. The van der Waals surface area contributed by atoms with E-state index in [1.54, 1.807) is 0 Å². The van der Waals surface area contributed by atoms with Crippen LogP contribution >= 0.6 is 15.9 Å². The van der Waals surface area contributed by atoms with E-state index in [0.29, 0.717) is 4.83 Å². The van der Waals surface area contributed by atoms with E-state index in [0.717, 1.165) is 36.5 Å². The van der Waals surface area contributed by atoms with Crippen molar-refractivity contribution in [3.8, 4) is 5.75 Å². The number of halogens is 1. The summed E-state index contributed by atoms with van der Waals surface area (Å²) < 4.78 is 5.69. The molecule has 1 heterocycles. The molecule has 2 saturated carbocycles. The van der Waals surface area contributed by atoms with Crippen molar-refractivity contribution in [3.05, 3.63) is 29.3 Å². The Kier molecular flexibility index (Phi) is 2.68. The first-order chi connectivity index (χ1) is 8.81. The Morgan fingerprint density at radius 2 is 2.00 bits per heavy atom. The molecule has 4 rings (SSSR count). The summed E-state index contributed by atoms with van der Waals surface area (Å²) in [7, 11) is 0. The fourth-order valence-corrected chi connectivity index (χ4v) is 4.54. The lowest BCUT2D eigenvalue weighted by Gasteiger charge is -2.23. The van der Waals surface area contributed by atoms with Gasteiger partial charge in [0.25, 0.3) is 0 Å². The molecular formula is C16H19BrO. The van der Waals surface area contributed by atoms with Gasteiger partial charge in [-0.1, -0.05) is 28.1 Å². The van der Waals surface area contributed by atoms with Crippen LogP contribution < -0.4 is 4.74 Å². The first kappa shape index (κ1) is 11.3. The van der Waals surface area contributed by atoms with Gasteiger partial charge < -0.3 is 4.74 Å². The summed E-state index contributed by atoms with van der Waals surface area (Å²) in [6, 6.07) is 6.80. The molecule has 18 heavy (non-hydrogen) atoms. The van der Waals surface area contributed by atoms with Crippen LogP contribution in [0.25, 0.3) is 0 Å². The summed E-state index contributed by atoms with van der Waals surface area (Å²) in [6.07, 6.45) is 6.73. The Morgan fingerprint density at radius 3 is 2.83 bits per heavy atom. The number of alkyl halides is 1. The minimum absolute atomic E-state index is 0.553. The highest BCUT2D eigenvalue weighted by atomic mass is 79.9. The van der Waals surface area contributed by atoms with Gasteiger partial charge in [0, 0.05) is 4.83 Å². The molecule has 0 N–H and O–H groups in total. The summed E-state index contributed by atoms with van der Waals surface area (Å²) in [6.45, 7) is 0.885. The Balaban J connectivity index is 1.56. The number of rotatable bonds is 2. The van der Waals surface area contributed by atoms with Crippen molar-refractivity contribution in [3.63, 3.8) is 0 Å². The molecule has 0 bridgehead atoms. The van der Waals surface area contributed by atoms with Gasteiger partial charge in [0.2, 0.25) is 0 Å². The average Bonchev–Trinajstić information content (AvgIpc) is 3.04. The number of fused-ring (bicyclic) bond motifs is 2. The molecule has 0 radical (unpaired) electrons. The van der Waals surface area contributed by atoms with Gasteiger partial charge in [-0.05, 0) is 67.1 Å². The number of hydrogen-bond acceptors (Lipinski definition) is 1. The molecule has 1 aliphatic heterocycles. The number of benzene rings is 1. The van der Waals surface area contributed by atoms with E-state index in [1.165, 1.54) is 36.8 Å². The first-order valence-corrected chi connectivity index (χ1v) is 8.12. The predicted molar refractivity (Wildman–Crippen MR) is 76.2 cm³/mol. The summed E-state index contributed by atoms with van der Waals surface area (Å²) in [5, 5.41) is 0. The highest BCUT2D eigenvalue weighted by Gasteiger charge is 2.47. The molecule has 0 amide bonds. The standard InChI is InChI=1S/C16H19BrO/c17-16(14-8-12-7-13(12)9-14)11-3-4-15-10(6-11)2-1-5-18-15/h3-4,6,12-14,16H,1-2,5,7-9H2. The van der Waals surface area contributed by atoms with Crippen molar-refractivity contribution >= 4 is 15.9 Å². The highest BCUT2D eigenvalue weighted by molar-refractivity contribution is 9.09. The van der Waals surface area contributed by atoms with Gasteiger partial charge in [-0.15, -0.1) is 0 Å². The third-order valence-corrected chi connectivity index (χ3v) is 6.22. The third-order valence-electron chi connectivity index (χ3n) is 4.94. The third kappa shape index (κ3) is 1.89. The maximum Gasteiger partial charge on any atom is 0.122 e. The van der Waals surface area contributed by atoms with Crippen LogP contribution in [0.15, 0.2) is 18.2 Å². The van der Waals surface area contributed by atoms with E-state index in [-0.39, 0.29) is 0 Å². The van der Waals surface area contributed by atoms with E-state index < -0.39 is 0 Å². The molecular weight excluding hydrogens is 288 g/mol. The predicted octanol–water partition coefficient (Wildman–Crippen LogP) is 4.49. The highest BCUT2D eigenvalue weighted by Crippen LogP contribution is 2.58. The quantitative estimate of drug-likeness (QED) is 0.731. The molecule has 0 saturated heterocycles. The second-order valence-corrected chi connectivity index (χ2v) is 7.19. The van der Waals surface area contributed by atoms with E-state index in [9.17, 15) is 0 Å². The second kappa shape index (κ2) is 4.26. The van der Waals surface area contributed by atoms with Crippen molar-refractivity contribution in [1.29, 1.82) is 0 Å². The van der Waals surface area contributed by atoms with E-state index >= 15 is 0 Å². The van der Waals surface area contributed by atoms with Crippen LogP contribution in [-0.2, 0) is 6.42 Å². The summed E-state index contributed by atoms with van der Waals surface area (Å²) in [5.41, 5.74) is 2.87. The first-order valence-electron chi connectivity index (χ1n) is 7.21. The maximum absolute atomic E-state index is 5.69. The van der Waals surface area contributed by atoms with Crippen molar-refractivity contribution in [1.82, 2.24) is 0 Å². The van der Waals surface area contributed by atoms with Crippen molar-refractivity contribution in [2.24, 2.45) is 17.8 Å². The molecule has 1 aromatic carbocycles. The minimum atomic E-state index is 0.553. The number of aryl methyl sites for hydroxylation is 1. The lowest BCUT2D eigenvalue weighted by molar-refractivity contribution is 0.288. The number of hydrogen-bond donors (Lipinski definition) is 0. The fraction of sp³-hybridized carbons (Fsp3) is 0.625. The molecule has 1 aromatic rings. The molecule has 3 unspecified atom stereocenters. The summed E-state index contributed by atoms with van der Waals surface area (Å²) >= 11 is 3.95. The van der Waals surface area contributed by atoms with Crippen molar-refractivity contribution in [2.45, 2.75) is 36.9 Å². The van der Waals surface area contributed by atoms with Crippen LogP contribution in [0.2, 0.25) is 0 Å². The van der Waals surface area contributed by atoms with Gasteiger partial charge in [-0.3, -0.25) is 0 Å².